The van der Waals surface area contributed by atoms with E-state index in [-0.39, 0.29) is 11.3 Å². The molecule has 0 aliphatic heterocycles. The minimum Gasteiger partial charge on any atom is -0.300 e. The number of aryl methyl sites for hydroxylation is 2. The van der Waals surface area contributed by atoms with Gasteiger partial charge in [-0.2, -0.15) is 5.10 Å². The molecule has 0 radical (unpaired) electrons. The van der Waals surface area contributed by atoms with E-state index in [0.717, 1.165) is 5.56 Å². The van der Waals surface area contributed by atoms with Crippen molar-refractivity contribution < 1.29 is 4.79 Å². The Hall–Kier alpha value is -1.45. The molecule has 1 heterocycles. The fourth-order valence-electron chi connectivity index (χ4n) is 1.29. The Kier molecular flexibility index (Phi) is 4.21. The first-order valence-corrected chi connectivity index (χ1v) is 5.19. The summed E-state index contributed by atoms with van der Waals surface area (Å²) in [5.74, 6) is 0.232. The van der Waals surface area contributed by atoms with Crippen LogP contribution in [-0.4, -0.2) is 15.6 Å². The van der Waals surface area contributed by atoms with Crippen molar-refractivity contribution in [2.24, 2.45) is 0 Å². The molecule has 0 spiro atoms. The first kappa shape index (κ1) is 11.6. The van der Waals surface area contributed by atoms with Crippen LogP contribution in [0.1, 0.15) is 31.7 Å². The molecule has 0 aromatic carbocycles. The van der Waals surface area contributed by atoms with Crippen LogP contribution in [0.2, 0.25) is 0 Å². The first-order chi connectivity index (χ1) is 7.13. The zero-order valence-corrected chi connectivity index (χ0v) is 9.19. The van der Waals surface area contributed by atoms with Gasteiger partial charge in [0.05, 0.1) is 6.20 Å². The van der Waals surface area contributed by atoms with Crippen molar-refractivity contribution in [1.29, 1.82) is 0 Å². The molecule has 82 valence electrons. The van der Waals surface area contributed by atoms with Gasteiger partial charge in [0.25, 0.3) is 5.56 Å². The average Bonchev–Trinajstić information content (AvgIpc) is 2.21. The van der Waals surface area contributed by atoms with Crippen molar-refractivity contribution in [2.75, 3.05) is 0 Å². The van der Waals surface area contributed by atoms with Crippen molar-refractivity contribution in [2.45, 2.75) is 39.7 Å². The van der Waals surface area contributed by atoms with E-state index in [1.807, 2.05) is 13.8 Å². The molecule has 0 aliphatic rings. The predicted molar refractivity (Wildman–Crippen MR) is 57.8 cm³/mol. The van der Waals surface area contributed by atoms with Gasteiger partial charge in [0, 0.05) is 25.5 Å². The van der Waals surface area contributed by atoms with Crippen LogP contribution in [0, 0.1) is 6.92 Å². The second-order valence-electron chi connectivity index (χ2n) is 3.59. The zero-order chi connectivity index (χ0) is 11.3. The molecule has 0 saturated heterocycles. The third-order valence-electron chi connectivity index (χ3n) is 2.23. The van der Waals surface area contributed by atoms with Crippen molar-refractivity contribution >= 4 is 5.78 Å². The molecule has 1 aromatic heterocycles. The molecule has 0 unspecified atom stereocenters. The summed E-state index contributed by atoms with van der Waals surface area (Å²) in [6, 6.07) is 1.55. The highest BCUT2D eigenvalue weighted by molar-refractivity contribution is 5.77. The fourth-order valence-corrected chi connectivity index (χ4v) is 1.29. The molecule has 0 saturated carbocycles. The normalized spacial score (nSPS) is 10.3. The standard InChI is InChI=1S/C11H16N2O2/c1-3-10(14)5-4-6-13-11(15)7-9(2)8-12-13/h7-8H,3-6H2,1-2H3. The minimum absolute atomic E-state index is 0.0982. The lowest BCUT2D eigenvalue weighted by Crippen LogP contribution is -2.22. The van der Waals surface area contributed by atoms with Crippen LogP contribution in [0.25, 0.3) is 0 Å². The molecule has 0 aliphatic carbocycles. The van der Waals surface area contributed by atoms with E-state index in [1.54, 1.807) is 12.3 Å². The van der Waals surface area contributed by atoms with E-state index in [9.17, 15) is 9.59 Å². The number of Topliss-reactive ketones (excluding diaryl/α,β-unsaturated/α-hetero) is 1. The van der Waals surface area contributed by atoms with Gasteiger partial charge >= 0.3 is 0 Å². The van der Waals surface area contributed by atoms with Crippen LogP contribution in [0.15, 0.2) is 17.1 Å². The molecular weight excluding hydrogens is 192 g/mol. The summed E-state index contributed by atoms with van der Waals surface area (Å²) in [4.78, 5) is 22.4. The van der Waals surface area contributed by atoms with Crippen LogP contribution in [0.4, 0.5) is 0 Å². The summed E-state index contributed by atoms with van der Waals surface area (Å²) in [6.45, 7) is 4.20. The van der Waals surface area contributed by atoms with Crippen molar-refractivity contribution in [3.8, 4) is 0 Å². The van der Waals surface area contributed by atoms with E-state index in [2.05, 4.69) is 5.10 Å². The maximum atomic E-state index is 11.4. The zero-order valence-electron chi connectivity index (χ0n) is 9.19. The van der Waals surface area contributed by atoms with Crippen LogP contribution in [0.3, 0.4) is 0 Å². The summed E-state index contributed by atoms with van der Waals surface area (Å²) < 4.78 is 1.40. The Morgan fingerprint density at radius 2 is 2.27 bits per heavy atom. The number of ketones is 1. The van der Waals surface area contributed by atoms with E-state index in [0.29, 0.717) is 25.8 Å². The Bertz CT molecular complexity index is 396. The number of rotatable bonds is 5. The molecule has 1 aromatic rings. The molecule has 15 heavy (non-hydrogen) atoms. The second-order valence-corrected chi connectivity index (χ2v) is 3.59. The highest BCUT2D eigenvalue weighted by Crippen LogP contribution is 1.96. The molecule has 0 N–H and O–H groups in total. The smallest absolute Gasteiger partial charge is 0.266 e. The maximum absolute atomic E-state index is 11.4. The Morgan fingerprint density at radius 1 is 1.53 bits per heavy atom. The number of hydrogen-bond donors (Lipinski definition) is 0. The molecule has 0 atom stereocenters. The molecule has 0 fully saturated rings. The second kappa shape index (κ2) is 5.44. The van der Waals surface area contributed by atoms with Gasteiger partial charge in [-0.1, -0.05) is 6.92 Å². The van der Waals surface area contributed by atoms with Gasteiger partial charge in [0.2, 0.25) is 0 Å². The minimum atomic E-state index is -0.0982. The predicted octanol–water partition coefficient (Wildman–Crippen LogP) is 1.31. The maximum Gasteiger partial charge on any atom is 0.266 e. The van der Waals surface area contributed by atoms with Crippen LogP contribution in [-0.2, 0) is 11.3 Å². The Balaban J connectivity index is 2.51. The molecule has 4 nitrogen and oxygen atoms in total. The van der Waals surface area contributed by atoms with Gasteiger partial charge < -0.3 is 0 Å². The SMILES string of the molecule is CCC(=O)CCCn1ncc(C)cc1=O. The first-order valence-electron chi connectivity index (χ1n) is 5.19. The third-order valence-corrected chi connectivity index (χ3v) is 2.23. The quantitative estimate of drug-likeness (QED) is 0.733. The van der Waals surface area contributed by atoms with Crippen molar-refractivity contribution in [3.05, 3.63) is 28.2 Å². The van der Waals surface area contributed by atoms with E-state index in [4.69, 9.17) is 0 Å². The van der Waals surface area contributed by atoms with Gasteiger partial charge in [-0.15, -0.1) is 0 Å². The summed E-state index contributed by atoms with van der Waals surface area (Å²) >= 11 is 0. The Labute approximate surface area is 88.9 Å². The number of nitrogens with zero attached hydrogens (tertiary/aromatic N) is 2. The number of carbonyl (C=O) groups is 1. The summed E-state index contributed by atoms with van der Waals surface area (Å²) in [5, 5.41) is 3.99. The van der Waals surface area contributed by atoms with E-state index in [1.165, 1.54) is 4.68 Å². The largest absolute Gasteiger partial charge is 0.300 e. The summed E-state index contributed by atoms with van der Waals surface area (Å²) in [7, 11) is 0. The van der Waals surface area contributed by atoms with Crippen LogP contribution >= 0.6 is 0 Å². The van der Waals surface area contributed by atoms with Gasteiger partial charge in [-0.05, 0) is 18.9 Å². The van der Waals surface area contributed by atoms with Gasteiger partial charge in [0.15, 0.2) is 0 Å². The lowest BCUT2D eigenvalue weighted by atomic mass is 10.2. The number of carbonyl (C=O) groups excluding carboxylic acids is 1. The number of hydrogen-bond acceptors (Lipinski definition) is 3. The highest BCUT2D eigenvalue weighted by Gasteiger charge is 2.00. The molecule has 1 rings (SSSR count). The summed E-state index contributed by atoms with van der Waals surface area (Å²) in [6.07, 6.45) is 3.43. The van der Waals surface area contributed by atoms with Gasteiger partial charge in [0.1, 0.15) is 5.78 Å². The van der Waals surface area contributed by atoms with E-state index < -0.39 is 0 Å². The fraction of sp³-hybridized carbons (Fsp3) is 0.545. The number of aromatic nitrogens is 2. The third kappa shape index (κ3) is 3.65. The molecular formula is C11H16N2O2. The molecule has 4 heteroatoms. The monoisotopic (exact) mass is 208 g/mol. The molecule has 0 bridgehead atoms. The lowest BCUT2D eigenvalue weighted by Gasteiger charge is -2.03. The van der Waals surface area contributed by atoms with Gasteiger partial charge in [-0.25, -0.2) is 4.68 Å². The lowest BCUT2D eigenvalue weighted by molar-refractivity contribution is -0.118. The van der Waals surface area contributed by atoms with Crippen LogP contribution < -0.4 is 5.56 Å². The topological polar surface area (TPSA) is 52.0 Å². The Morgan fingerprint density at radius 3 is 2.87 bits per heavy atom. The highest BCUT2D eigenvalue weighted by atomic mass is 16.1. The van der Waals surface area contributed by atoms with E-state index >= 15 is 0 Å². The molecule has 0 amide bonds. The van der Waals surface area contributed by atoms with Crippen LogP contribution in [0.5, 0.6) is 0 Å². The van der Waals surface area contributed by atoms with Crippen molar-refractivity contribution in [1.82, 2.24) is 9.78 Å². The average molecular weight is 208 g/mol. The van der Waals surface area contributed by atoms with Gasteiger partial charge in [-0.3, -0.25) is 9.59 Å². The summed E-state index contributed by atoms with van der Waals surface area (Å²) in [5.41, 5.74) is 0.764. The van der Waals surface area contributed by atoms with Crippen molar-refractivity contribution in [3.63, 3.8) is 0 Å².